The lowest BCUT2D eigenvalue weighted by molar-refractivity contribution is -0.140. The van der Waals surface area contributed by atoms with Gasteiger partial charge in [0.05, 0.1) is 25.4 Å². The third-order valence-electron chi connectivity index (χ3n) is 3.30. The summed E-state index contributed by atoms with van der Waals surface area (Å²) in [6, 6.07) is 7.24. The van der Waals surface area contributed by atoms with Crippen molar-refractivity contribution in [3.8, 4) is 5.75 Å². The van der Waals surface area contributed by atoms with Gasteiger partial charge in [-0.25, -0.2) is 4.98 Å². The molecule has 1 aliphatic heterocycles. The van der Waals surface area contributed by atoms with Gasteiger partial charge in [-0.1, -0.05) is 12.1 Å². The Morgan fingerprint density at radius 2 is 2.14 bits per heavy atom. The second kappa shape index (κ2) is 5.77. The summed E-state index contributed by atoms with van der Waals surface area (Å²) in [7, 11) is 0. The van der Waals surface area contributed by atoms with Crippen LogP contribution in [0.2, 0.25) is 0 Å². The van der Waals surface area contributed by atoms with Gasteiger partial charge in [-0.3, -0.25) is 0 Å². The Morgan fingerprint density at radius 1 is 1.36 bits per heavy atom. The van der Waals surface area contributed by atoms with E-state index in [9.17, 15) is 18.3 Å². The third-order valence-corrected chi connectivity index (χ3v) is 4.13. The van der Waals surface area contributed by atoms with Crippen molar-refractivity contribution in [3.05, 3.63) is 40.3 Å². The molecule has 0 bridgehead atoms. The molecule has 0 unspecified atom stereocenters. The zero-order valence-electron chi connectivity index (χ0n) is 11.4. The van der Waals surface area contributed by atoms with Crippen LogP contribution in [0.5, 0.6) is 5.75 Å². The van der Waals surface area contributed by atoms with E-state index in [-0.39, 0.29) is 13.2 Å². The molecule has 118 valence electrons. The minimum atomic E-state index is -4.43. The summed E-state index contributed by atoms with van der Waals surface area (Å²) < 4.78 is 43.5. The molecular weight excluding hydrogens is 317 g/mol. The van der Waals surface area contributed by atoms with E-state index in [0.717, 1.165) is 22.4 Å². The van der Waals surface area contributed by atoms with Gasteiger partial charge in [0.2, 0.25) is 0 Å². The van der Waals surface area contributed by atoms with Gasteiger partial charge < -0.3 is 14.7 Å². The van der Waals surface area contributed by atoms with Crippen molar-refractivity contribution >= 4 is 17.0 Å². The van der Waals surface area contributed by atoms with E-state index in [1.165, 1.54) is 0 Å². The molecule has 8 heteroatoms. The molecule has 0 saturated carbocycles. The second-order valence-corrected chi connectivity index (χ2v) is 5.84. The smallest absolute Gasteiger partial charge is 0.434 e. The van der Waals surface area contributed by atoms with Crippen LogP contribution < -0.4 is 9.64 Å². The highest BCUT2D eigenvalue weighted by Crippen LogP contribution is 2.35. The Hall–Kier alpha value is -1.80. The largest absolute Gasteiger partial charge is 0.484 e. The normalized spacial score (nSPS) is 18.0. The molecule has 1 aromatic heterocycles. The number of aliphatic hydroxyl groups excluding tert-OH is 1. The molecule has 0 saturated heterocycles. The van der Waals surface area contributed by atoms with Crippen molar-refractivity contribution < 1.29 is 23.0 Å². The van der Waals surface area contributed by atoms with Crippen molar-refractivity contribution in [1.29, 1.82) is 0 Å². The van der Waals surface area contributed by atoms with Gasteiger partial charge in [0.15, 0.2) is 5.69 Å². The molecule has 0 fully saturated rings. The number of nitrogens with zero attached hydrogens (tertiary/aromatic N) is 2. The number of fused-ring (bicyclic) bond motifs is 1. The van der Waals surface area contributed by atoms with Crippen LogP contribution in [-0.2, 0) is 12.7 Å². The quantitative estimate of drug-likeness (QED) is 0.940. The zero-order valence-corrected chi connectivity index (χ0v) is 12.2. The van der Waals surface area contributed by atoms with Crippen LogP contribution in [0.1, 0.15) is 10.7 Å². The summed E-state index contributed by atoms with van der Waals surface area (Å²) in [5.74, 6) is 0.611. The van der Waals surface area contributed by atoms with E-state index < -0.39 is 18.0 Å². The number of ether oxygens (including phenoxy) is 1. The molecule has 1 aromatic carbocycles. The number of hydrogen-bond donors (Lipinski definition) is 1. The monoisotopic (exact) mass is 330 g/mol. The lowest BCUT2D eigenvalue weighted by atomic mass is 10.2. The highest BCUT2D eigenvalue weighted by atomic mass is 32.1. The fourth-order valence-electron chi connectivity index (χ4n) is 2.30. The fraction of sp³-hybridized carbons (Fsp3) is 0.357. The van der Waals surface area contributed by atoms with Crippen LogP contribution in [0.25, 0.3) is 0 Å². The van der Waals surface area contributed by atoms with E-state index in [4.69, 9.17) is 4.74 Å². The SMILES string of the molecule is OC[C@H]1CN(Cc2nc(C(F)(F)F)cs2)c2ccccc2O1. The fourth-order valence-corrected chi connectivity index (χ4v) is 3.12. The molecule has 2 heterocycles. The third kappa shape index (κ3) is 3.02. The number of thiazole rings is 1. The molecule has 1 N–H and O–H groups in total. The van der Waals surface area contributed by atoms with E-state index in [1.54, 1.807) is 6.07 Å². The highest BCUT2D eigenvalue weighted by Gasteiger charge is 2.34. The molecule has 0 aliphatic carbocycles. The molecule has 1 aliphatic rings. The highest BCUT2D eigenvalue weighted by molar-refractivity contribution is 7.09. The second-order valence-electron chi connectivity index (χ2n) is 4.89. The Morgan fingerprint density at radius 3 is 2.82 bits per heavy atom. The van der Waals surface area contributed by atoms with Crippen molar-refractivity contribution in [2.75, 3.05) is 18.1 Å². The molecule has 1 atom stereocenters. The number of aromatic nitrogens is 1. The van der Waals surface area contributed by atoms with Crippen LogP contribution in [-0.4, -0.2) is 29.3 Å². The molecule has 0 amide bonds. The van der Waals surface area contributed by atoms with Crippen LogP contribution >= 0.6 is 11.3 Å². The van der Waals surface area contributed by atoms with Gasteiger partial charge in [-0.15, -0.1) is 11.3 Å². The summed E-state index contributed by atoms with van der Waals surface area (Å²) in [6.07, 6.45) is -4.83. The van der Waals surface area contributed by atoms with Crippen LogP contribution in [0.3, 0.4) is 0 Å². The lowest BCUT2D eigenvalue weighted by Gasteiger charge is -2.35. The van der Waals surface area contributed by atoms with Crippen molar-refractivity contribution in [2.45, 2.75) is 18.8 Å². The first kappa shape index (κ1) is 15.1. The summed E-state index contributed by atoms with van der Waals surface area (Å²) in [5.41, 5.74) is -0.0799. The predicted molar refractivity (Wildman–Crippen MR) is 76.1 cm³/mol. The van der Waals surface area contributed by atoms with Gasteiger partial charge in [0.1, 0.15) is 16.9 Å². The molecule has 0 radical (unpaired) electrons. The zero-order chi connectivity index (χ0) is 15.7. The number of aliphatic hydroxyl groups is 1. The van der Waals surface area contributed by atoms with E-state index in [2.05, 4.69) is 4.98 Å². The van der Waals surface area contributed by atoms with E-state index >= 15 is 0 Å². The molecule has 0 spiro atoms. The number of para-hydroxylation sites is 2. The van der Waals surface area contributed by atoms with Gasteiger partial charge in [-0.2, -0.15) is 13.2 Å². The van der Waals surface area contributed by atoms with Crippen molar-refractivity contribution in [3.63, 3.8) is 0 Å². The minimum absolute atomic E-state index is 0.156. The topological polar surface area (TPSA) is 45.6 Å². The number of benzene rings is 1. The minimum Gasteiger partial charge on any atom is -0.484 e. The maximum atomic E-state index is 12.6. The number of halogens is 3. The van der Waals surface area contributed by atoms with Crippen LogP contribution in [0.4, 0.5) is 18.9 Å². The number of anilines is 1. The summed E-state index contributed by atoms with van der Waals surface area (Å²) in [5, 5.41) is 10.7. The Bertz CT molecular complexity index is 660. The summed E-state index contributed by atoms with van der Waals surface area (Å²) >= 11 is 0.977. The molecule has 3 rings (SSSR count). The first-order valence-corrected chi connectivity index (χ1v) is 7.48. The van der Waals surface area contributed by atoms with Crippen LogP contribution in [0, 0.1) is 0 Å². The van der Waals surface area contributed by atoms with Gasteiger partial charge in [0, 0.05) is 5.38 Å². The Kier molecular flexibility index (Phi) is 3.96. The van der Waals surface area contributed by atoms with Crippen LogP contribution in [0.15, 0.2) is 29.6 Å². The lowest BCUT2D eigenvalue weighted by Crippen LogP contribution is -2.41. The van der Waals surface area contributed by atoms with Crippen molar-refractivity contribution in [1.82, 2.24) is 4.98 Å². The number of hydrogen-bond acceptors (Lipinski definition) is 5. The van der Waals surface area contributed by atoms with E-state index in [1.807, 2.05) is 23.1 Å². The molecule has 4 nitrogen and oxygen atoms in total. The molecular formula is C14H13F3N2O2S. The summed E-state index contributed by atoms with van der Waals surface area (Å²) in [4.78, 5) is 5.52. The number of alkyl halides is 3. The first-order valence-electron chi connectivity index (χ1n) is 6.60. The maximum absolute atomic E-state index is 12.6. The molecule has 2 aromatic rings. The Balaban J connectivity index is 1.84. The standard InChI is InChI=1S/C14H13F3N2O2S/c15-14(16,17)12-8-22-13(18-12)6-19-5-9(7-20)21-11-4-2-1-3-10(11)19/h1-4,8-9,20H,5-7H2/t9-/m1/s1. The maximum Gasteiger partial charge on any atom is 0.434 e. The summed E-state index contributed by atoms with van der Waals surface area (Å²) in [6.45, 7) is 0.489. The predicted octanol–water partition coefficient (Wildman–Crippen LogP) is 2.92. The average Bonchev–Trinajstić information content (AvgIpc) is 2.96. The first-order chi connectivity index (χ1) is 10.5. The Labute approximate surface area is 128 Å². The molecule has 22 heavy (non-hydrogen) atoms. The van der Waals surface area contributed by atoms with Crippen molar-refractivity contribution in [2.24, 2.45) is 0 Å². The number of rotatable bonds is 3. The van der Waals surface area contributed by atoms with E-state index in [0.29, 0.717) is 17.3 Å². The van der Waals surface area contributed by atoms with Gasteiger partial charge in [0.25, 0.3) is 0 Å². The van der Waals surface area contributed by atoms with Gasteiger partial charge in [-0.05, 0) is 12.1 Å². The van der Waals surface area contributed by atoms with Gasteiger partial charge >= 0.3 is 6.18 Å². The average molecular weight is 330 g/mol.